The molecule has 0 fully saturated rings. The van der Waals surface area contributed by atoms with Gasteiger partial charge in [-0.1, -0.05) is 28.1 Å². The van der Waals surface area contributed by atoms with Gasteiger partial charge in [0.15, 0.2) is 11.5 Å². The first kappa shape index (κ1) is 20.4. The summed E-state index contributed by atoms with van der Waals surface area (Å²) in [5.41, 5.74) is 4.92. The smallest absolute Gasteiger partial charge is 0.289 e. The number of aromatic amines is 1. The van der Waals surface area contributed by atoms with Gasteiger partial charge in [0.2, 0.25) is 0 Å². The molecule has 0 spiro atoms. The van der Waals surface area contributed by atoms with E-state index in [1.807, 2.05) is 24.3 Å². The van der Waals surface area contributed by atoms with Crippen LogP contribution in [0.3, 0.4) is 0 Å². The van der Waals surface area contributed by atoms with E-state index in [0.717, 1.165) is 10.0 Å². The van der Waals surface area contributed by atoms with Gasteiger partial charge in [-0.25, -0.2) is 5.43 Å². The van der Waals surface area contributed by atoms with Crippen LogP contribution in [0.15, 0.2) is 52.0 Å². The van der Waals surface area contributed by atoms with Crippen LogP contribution in [0.5, 0.6) is 17.2 Å². The third-order valence-electron chi connectivity index (χ3n) is 4.07. The maximum atomic E-state index is 12.3. The van der Waals surface area contributed by atoms with E-state index in [1.54, 1.807) is 18.2 Å². The topological polar surface area (TPSA) is 97.8 Å². The Bertz CT molecular complexity index is 1030. The number of hydrogen-bond donors (Lipinski definition) is 2. The molecule has 2 N–H and O–H groups in total. The maximum absolute atomic E-state index is 12.3. The Morgan fingerprint density at radius 1 is 1.03 bits per heavy atom. The molecule has 9 heteroatoms. The molecule has 0 aliphatic heterocycles. The van der Waals surface area contributed by atoms with Gasteiger partial charge in [-0.3, -0.25) is 9.89 Å². The summed E-state index contributed by atoms with van der Waals surface area (Å²) in [4.78, 5) is 12.3. The van der Waals surface area contributed by atoms with Crippen LogP contribution in [-0.4, -0.2) is 43.6 Å². The minimum absolute atomic E-state index is 0.291. The predicted octanol–water partition coefficient (Wildman–Crippen LogP) is 3.63. The fourth-order valence-electron chi connectivity index (χ4n) is 2.58. The Morgan fingerprint density at radius 3 is 2.34 bits per heavy atom. The summed E-state index contributed by atoms with van der Waals surface area (Å²) in [6, 6.07) is 12.7. The highest BCUT2D eigenvalue weighted by Crippen LogP contribution is 2.33. The molecule has 2 aromatic carbocycles. The molecule has 0 aliphatic rings. The van der Waals surface area contributed by atoms with Gasteiger partial charge in [0.1, 0.15) is 11.4 Å². The van der Waals surface area contributed by atoms with Crippen LogP contribution < -0.4 is 19.6 Å². The molecule has 0 unspecified atom stereocenters. The Balaban J connectivity index is 1.72. The molecule has 0 saturated heterocycles. The van der Waals surface area contributed by atoms with Crippen LogP contribution >= 0.6 is 15.9 Å². The summed E-state index contributed by atoms with van der Waals surface area (Å²) >= 11 is 3.39. The van der Waals surface area contributed by atoms with Gasteiger partial charge < -0.3 is 14.2 Å². The average Bonchev–Trinajstić information content (AvgIpc) is 3.24. The second-order valence-corrected chi connectivity index (χ2v) is 6.74. The molecule has 0 radical (unpaired) electrons. The lowest BCUT2D eigenvalue weighted by Gasteiger charge is -2.11. The molecule has 0 atom stereocenters. The van der Waals surface area contributed by atoms with Crippen LogP contribution in [0.4, 0.5) is 0 Å². The molecule has 8 nitrogen and oxygen atoms in total. The monoisotopic (exact) mass is 458 g/mol. The standard InChI is InChI=1S/C20H19BrN4O4/c1-27-17-10-19(29-3)18(28-2)8-13(17)11-22-25-20(26)16-9-15(23-24-16)12-4-6-14(21)7-5-12/h4-11H,1-3H3,(H,23,24)(H,25,26). The second-order valence-electron chi connectivity index (χ2n) is 5.82. The Hall–Kier alpha value is -3.33. The lowest BCUT2D eigenvalue weighted by atomic mass is 10.1. The molecule has 3 rings (SSSR count). The number of nitrogens with one attached hydrogen (secondary N) is 2. The Morgan fingerprint density at radius 2 is 1.69 bits per heavy atom. The third kappa shape index (κ3) is 4.75. The SMILES string of the molecule is COc1cc(OC)c(OC)cc1C=NNC(=O)c1cc(-c2ccc(Br)cc2)n[nH]1. The van der Waals surface area contributed by atoms with Crippen molar-refractivity contribution in [1.29, 1.82) is 0 Å². The Kier molecular flexibility index (Phi) is 6.50. The normalized spacial score (nSPS) is 10.8. The highest BCUT2D eigenvalue weighted by Gasteiger charge is 2.12. The second kappa shape index (κ2) is 9.24. The summed E-state index contributed by atoms with van der Waals surface area (Å²) < 4.78 is 16.8. The fourth-order valence-corrected chi connectivity index (χ4v) is 2.85. The molecule has 0 bridgehead atoms. The third-order valence-corrected chi connectivity index (χ3v) is 4.60. The number of nitrogens with zero attached hydrogens (tertiary/aromatic N) is 2. The van der Waals surface area contributed by atoms with E-state index in [0.29, 0.717) is 34.2 Å². The lowest BCUT2D eigenvalue weighted by Crippen LogP contribution is -2.18. The van der Waals surface area contributed by atoms with Gasteiger partial charge in [0, 0.05) is 21.7 Å². The van der Waals surface area contributed by atoms with Gasteiger partial charge in [0.05, 0.1) is 33.2 Å². The largest absolute Gasteiger partial charge is 0.496 e. The van der Waals surface area contributed by atoms with Crippen molar-refractivity contribution in [2.75, 3.05) is 21.3 Å². The number of carbonyl (C=O) groups is 1. The van der Waals surface area contributed by atoms with Crippen LogP contribution in [-0.2, 0) is 0 Å². The zero-order valence-electron chi connectivity index (χ0n) is 16.0. The molecular formula is C20H19BrN4O4. The van der Waals surface area contributed by atoms with Crippen LogP contribution in [0, 0.1) is 0 Å². The van der Waals surface area contributed by atoms with E-state index in [2.05, 4.69) is 36.7 Å². The maximum Gasteiger partial charge on any atom is 0.289 e. The van der Waals surface area contributed by atoms with E-state index in [-0.39, 0.29) is 0 Å². The van der Waals surface area contributed by atoms with Gasteiger partial charge in [-0.2, -0.15) is 10.2 Å². The zero-order chi connectivity index (χ0) is 20.8. The van der Waals surface area contributed by atoms with Crippen molar-refractivity contribution in [2.24, 2.45) is 5.10 Å². The fraction of sp³-hybridized carbons (Fsp3) is 0.150. The molecule has 1 aromatic heterocycles. The molecule has 29 heavy (non-hydrogen) atoms. The van der Waals surface area contributed by atoms with Gasteiger partial charge in [-0.05, 0) is 24.3 Å². The highest BCUT2D eigenvalue weighted by atomic mass is 79.9. The van der Waals surface area contributed by atoms with Crippen molar-refractivity contribution in [2.45, 2.75) is 0 Å². The number of benzene rings is 2. The quantitative estimate of drug-likeness (QED) is 0.416. The Labute approximate surface area is 176 Å². The van der Waals surface area contributed by atoms with Gasteiger partial charge in [0.25, 0.3) is 5.91 Å². The minimum atomic E-state index is -0.420. The first-order valence-corrected chi connectivity index (χ1v) is 9.29. The minimum Gasteiger partial charge on any atom is -0.496 e. The van der Waals surface area contributed by atoms with E-state index in [9.17, 15) is 4.79 Å². The number of amides is 1. The van der Waals surface area contributed by atoms with Crippen molar-refractivity contribution in [3.05, 3.63) is 58.2 Å². The van der Waals surface area contributed by atoms with Crippen LogP contribution in [0.1, 0.15) is 16.1 Å². The lowest BCUT2D eigenvalue weighted by molar-refractivity contribution is 0.0950. The van der Waals surface area contributed by atoms with Crippen molar-refractivity contribution in [3.63, 3.8) is 0 Å². The van der Waals surface area contributed by atoms with Crippen molar-refractivity contribution in [3.8, 4) is 28.5 Å². The number of carbonyl (C=O) groups excluding carboxylic acids is 1. The van der Waals surface area contributed by atoms with Crippen LogP contribution in [0.25, 0.3) is 11.3 Å². The number of hydrazone groups is 1. The molecule has 0 aliphatic carbocycles. The molecular weight excluding hydrogens is 440 g/mol. The summed E-state index contributed by atoms with van der Waals surface area (Å²) in [6.07, 6.45) is 1.46. The highest BCUT2D eigenvalue weighted by molar-refractivity contribution is 9.10. The summed E-state index contributed by atoms with van der Waals surface area (Å²) in [5, 5.41) is 10.9. The summed E-state index contributed by atoms with van der Waals surface area (Å²) in [7, 11) is 4.61. The van der Waals surface area contributed by atoms with Crippen molar-refractivity contribution in [1.82, 2.24) is 15.6 Å². The first-order chi connectivity index (χ1) is 14.0. The number of methoxy groups -OCH3 is 3. The number of halogens is 1. The van der Waals surface area contributed by atoms with E-state index in [4.69, 9.17) is 14.2 Å². The average molecular weight is 459 g/mol. The van der Waals surface area contributed by atoms with Crippen molar-refractivity contribution >= 4 is 28.1 Å². The van der Waals surface area contributed by atoms with Gasteiger partial charge >= 0.3 is 0 Å². The number of ether oxygens (including phenoxy) is 3. The number of rotatable bonds is 7. The number of H-pyrrole nitrogens is 1. The summed E-state index contributed by atoms with van der Waals surface area (Å²) in [5.74, 6) is 1.16. The number of aromatic nitrogens is 2. The summed E-state index contributed by atoms with van der Waals surface area (Å²) in [6.45, 7) is 0. The molecule has 0 saturated carbocycles. The first-order valence-electron chi connectivity index (χ1n) is 8.50. The van der Waals surface area contributed by atoms with Crippen LogP contribution in [0.2, 0.25) is 0 Å². The molecule has 3 aromatic rings. The van der Waals surface area contributed by atoms with Gasteiger partial charge in [-0.15, -0.1) is 0 Å². The van der Waals surface area contributed by atoms with E-state index in [1.165, 1.54) is 27.5 Å². The number of hydrogen-bond acceptors (Lipinski definition) is 6. The van der Waals surface area contributed by atoms with E-state index >= 15 is 0 Å². The molecule has 150 valence electrons. The predicted molar refractivity (Wildman–Crippen MR) is 113 cm³/mol. The molecule has 1 heterocycles. The molecule has 1 amide bonds. The van der Waals surface area contributed by atoms with E-state index < -0.39 is 5.91 Å². The zero-order valence-corrected chi connectivity index (χ0v) is 17.6. The van der Waals surface area contributed by atoms with Crippen molar-refractivity contribution < 1.29 is 19.0 Å².